The van der Waals surface area contributed by atoms with Crippen molar-refractivity contribution < 1.29 is 0 Å². The number of hydrogen-bond donors (Lipinski definition) is 0. The highest BCUT2D eigenvalue weighted by Gasteiger charge is 2.32. The van der Waals surface area contributed by atoms with E-state index in [9.17, 15) is 0 Å². The van der Waals surface area contributed by atoms with Gasteiger partial charge in [-0.05, 0) is 42.5 Å². The van der Waals surface area contributed by atoms with Gasteiger partial charge in [-0.25, -0.2) is 15.0 Å². The smallest absolute Gasteiger partial charge is 0.164 e. The Labute approximate surface area is 397 Å². The molecule has 5 aromatic heterocycles. The predicted molar refractivity (Wildman–Crippen MR) is 285 cm³/mol. The zero-order valence-corrected chi connectivity index (χ0v) is 37.3. The molecule has 322 valence electrons. The van der Waals surface area contributed by atoms with Gasteiger partial charge in [0.1, 0.15) is 5.69 Å². The van der Waals surface area contributed by atoms with Crippen molar-refractivity contribution in [3.63, 3.8) is 0 Å². The van der Waals surface area contributed by atoms with Crippen LogP contribution in [-0.2, 0) is 0 Å². The van der Waals surface area contributed by atoms with Crippen molar-refractivity contribution in [3.05, 3.63) is 243 Å². The molecule has 0 aliphatic heterocycles. The molecule has 0 bridgehead atoms. The van der Waals surface area contributed by atoms with E-state index in [-0.39, 0.29) is 0 Å². The molecule has 0 radical (unpaired) electrons. The molecule has 0 spiro atoms. The molecule has 0 amide bonds. The SMILES string of the molecule is c1ccc(-c2cc(-c3ccccc3)nc(-c3c(-n4c5ccccc5c5ccccc54)c(-c4ccccc4)nc(-n4c5ccccc5c5ccccc54)c3-n3c4ccccc4c4ccccc43)n2)cc1. The minimum Gasteiger partial charge on any atom is -0.306 e. The average molecular weight is 881 g/mol. The summed E-state index contributed by atoms with van der Waals surface area (Å²) in [6.07, 6.45) is 0. The molecule has 6 nitrogen and oxygen atoms in total. The highest BCUT2D eigenvalue weighted by atomic mass is 15.2. The van der Waals surface area contributed by atoms with E-state index in [1.54, 1.807) is 0 Å². The van der Waals surface area contributed by atoms with Crippen molar-refractivity contribution in [3.8, 4) is 62.4 Å². The normalized spacial score (nSPS) is 11.8. The Hall–Kier alpha value is -9.39. The third-order valence-electron chi connectivity index (χ3n) is 13.7. The van der Waals surface area contributed by atoms with Crippen LogP contribution in [0.25, 0.3) is 128 Å². The molecule has 0 saturated carbocycles. The van der Waals surface area contributed by atoms with Gasteiger partial charge in [-0.1, -0.05) is 200 Å². The van der Waals surface area contributed by atoms with E-state index in [0.717, 1.165) is 122 Å². The van der Waals surface area contributed by atoms with E-state index in [1.165, 1.54) is 0 Å². The number of hydrogen-bond acceptors (Lipinski definition) is 3. The van der Waals surface area contributed by atoms with Crippen LogP contribution < -0.4 is 0 Å². The molecule has 6 heteroatoms. The maximum atomic E-state index is 6.14. The maximum Gasteiger partial charge on any atom is 0.164 e. The fourth-order valence-electron chi connectivity index (χ4n) is 10.7. The molecule has 5 heterocycles. The number of fused-ring (bicyclic) bond motifs is 9. The van der Waals surface area contributed by atoms with Gasteiger partial charge in [-0.3, -0.25) is 4.57 Å². The predicted octanol–water partition coefficient (Wildman–Crippen LogP) is 15.8. The second-order valence-corrected chi connectivity index (χ2v) is 17.5. The van der Waals surface area contributed by atoms with Gasteiger partial charge < -0.3 is 9.13 Å². The van der Waals surface area contributed by atoms with E-state index in [0.29, 0.717) is 5.82 Å². The van der Waals surface area contributed by atoms with Crippen molar-refractivity contribution in [2.24, 2.45) is 0 Å². The van der Waals surface area contributed by atoms with E-state index in [1.807, 2.05) is 0 Å². The van der Waals surface area contributed by atoms with Crippen LogP contribution in [0.3, 0.4) is 0 Å². The first kappa shape index (κ1) is 38.8. The highest BCUT2D eigenvalue weighted by Crippen LogP contribution is 2.48. The number of rotatable bonds is 7. The molecular formula is C63H40N6. The molecule has 14 aromatic rings. The Morgan fingerprint density at radius 2 is 0.565 bits per heavy atom. The molecule has 0 unspecified atom stereocenters. The Morgan fingerprint density at radius 1 is 0.261 bits per heavy atom. The average Bonchev–Trinajstić information content (AvgIpc) is 4.07. The quantitative estimate of drug-likeness (QED) is 0.160. The van der Waals surface area contributed by atoms with Crippen LogP contribution in [0.1, 0.15) is 0 Å². The van der Waals surface area contributed by atoms with Gasteiger partial charge >= 0.3 is 0 Å². The van der Waals surface area contributed by atoms with Crippen LogP contribution in [-0.4, -0.2) is 28.7 Å². The summed E-state index contributed by atoms with van der Waals surface area (Å²) in [5.74, 6) is 1.33. The maximum absolute atomic E-state index is 6.14. The minimum atomic E-state index is 0.575. The first-order valence-electron chi connectivity index (χ1n) is 23.4. The zero-order valence-electron chi connectivity index (χ0n) is 37.3. The fraction of sp³-hybridized carbons (Fsp3) is 0. The van der Waals surface area contributed by atoms with E-state index >= 15 is 0 Å². The summed E-state index contributed by atoms with van der Waals surface area (Å²) >= 11 is 0. The summed E-state index contributed by atoms with van der Waals surface area (Å²) in [5.41, 5.74) is 14.3. The molecule has 0 aliphatic rings. The first-order valence-corrected chi connectivity index (χ1v) is 23.4. The van der Waals surface area contributed by atoms with Crippen molar-refractivity contribution in [2.45, 2.75) is 0 Å². The lowest BCUT2D eigenvalue weighted by Gasteiger charge is -2.26. The topological polar surface area (TPSA) is 53.5 Å². The molecule has 0 saturated heterocycles. The van der Waals surface area contributed by atoms with Gasteiger partial charge in [-0.15, -0.1) is 0 Å². The van der Waals surface area contributed by atoms with Gasteiger partial charge in [0, 0.05) is 49.0 Å². The van der Waals surface area contributed by atoms with Crippen LogP contribution in [0.5, 0.6) is 0 Å². The van der Waals surface area contributed by atoms with Crippen molar-refractivity contribution >= 4 is 65.4 Å². The third-order valence-corrected chi connectivity index (χ3v) is 13.7. The largest absolute Gasteiger partial charge is 0.306 e. The van der Waals surface area contributed by atoms with Crippen LogP contribution >= 0.6 is 0 Å². The number of aromatic nitrogens is 6. The lowest BCUT2D eigenvalue weighted by Crippen LogP contribution is -2.14. The second-order valence-electron chi connectivity index (χ2n) is 17.5. The number of pyridine rings is 1. The standard InChI is InChI=1S/C63H40N6/c1-4-22-41(23-5-1)50-40-51(42-24-6-2-7-25-42)65-62(64-50)58-60(67-52-34-16-10-28-44(52)45-29-11-17-35-53(45)67)59(43-26-8-3-9-27-43)66-63(69-56-38-20-14-32-48(56)49-33-15-21-39-57(49)69)61(58)68-54-36-18-12-30-46(54)47-31-13-19-37-55(47)68/h1-40H. The number of nitrogens with zero attached hydrogens (tertiary/aromatic N) is 6. The van der Waals surface area contributed by atoms with Crippen molar-refractivity contribution in [1.29, 1.82) is 0 Å². The van der Waals surface area contributed by atoms with Crippen molar-refractivity contribution in [2.75, 3.05) is 0 Å². The van der Waals surface area contributed by atoms with Gasteiger partial charge in [0.15, 0.2) is 11.6 Å². The Morgan fingerprint density at radius 3 is 0.942 bits per heavy atom. The van der Waals surface area contributed by atoms with Gasteiger partial charge in [-0.2, -0.15) is 0 Å². The number of benzene rings is 9. The zero-order chi connectivity index (χ0) is 45.4. The van der Waals surface area contributed by atoms with Crippen molar-refractivity contribution in [1.82, 2.24) is 28.7 Å². The van der Waals surface area contributed by atoms with Gasteiger partial charge in [0.25, 0.3) is 0 Å². The second kappa shape index (κ2) is 15.6. The molecule has 69 heavy (non-hydrogen) atoms. The molecule has 0 aliphatic carbocycles. The van der Waals surface area contributed by atoms with E-state index in [2.05, 4.69) is 256 Å². The van der Waals surface area contributed by atoms with E-state index in [4.69, 9.17) is 15.0 Å². The minimum absolute atomic E-state index is 0.575. The third kappa shape index (κ3) is 6.02. The molecule has 0 N–H and O–H groups in total. The highest BCUT2D eigenvalue weighted by molar-refractivity contribution is 6.14. The molecule has 14 rings (SSSR count). The monoisotopic (exact) mass is 880 g/mol. The van der Waals surface area contributed by atoms with Crippen LogP contribution in [0.15, 0.2) is 243 Å². The first-order chi connectivity index (χ1) is 34.3. The molecule has 0 atom stereocenters. The summed E-state index contributed by atoms with van der Waals surface area (Å²) in [4.78, 5) is 17.7. The lowest BCUT2D eigenvalue weighted by molar-refractivity contribution is 1.00. The fourth-order valence-corrected chi connectivity index (χ4v) is 10.7. The molecule has 0 fully saturated rings. The lowest BCUT2D eigenvalue weighted by atomic mass is 10.0. The van der Waals surface area contributed by atoms with Crippen LogP contribution in [0.2, 0.25) is 0 Å². The summed E-state index contributed by atoms with van der Waals surface area (Å²) < 4.78 is 7.22. The van der Waals surface area contributed by atoms with Crippen LogP contribution in [0.4, 0.5) is 0 Å². The number of para-hydroxylation sites is 6. The summed E-state index contributed by atoms with van der Waals surface area (Å²) in [6.45, 7) is 0. The Balaban J connectivity index is 1.30. The Kier molecular flexibility index (Phi) is 8.79. The summed E-state index contributed by atoms with van der Waals surface area (Å²) in [5, 5.41) is 6.86. The Bertz CT molecular complexity index is 4080. The molecule has 9 aromatic carbocycles. The van der Waals surface area contributed by atoms with Gasteiger partial charge in [0.2, 0.25) is 0 Å². The van der Waals surface area contributed by atoms with Crippen LogP contribution in [0, 0.1) is 0 Å². The van der Waals surface area contributed by atoms with Gasteiger partial charge in [0.05, 0.1) is 61.4 Å². The summed E-state index contributed by atoms with van der Waals surface area (Å²) in [7, 11) is 0. The molecular weight excluding hydrogens is 841 g/mol. The van der Waals surface area contributed by atoms with E-state index < -0.39 is 0 Å². The summed E-state index contributed by atoms with van der Waals surface area (Å²) in [6, 6.07) is 86.0.